The molecule has 32 heavy (non-hydrogen) atoms. The lowest BCUT2D eigenvalue weighted by Gasteiger charge is -2.20. The van der Waals surface area contributed by atoms with E-state index >= 15 is 0 Å². The largest absolute Gasteiger partial charge is 0.383 e. The van der Waals surface area contributed by atoms with Gasteiger partial charge >= 0.3 is 0 Å². The molecule has 3 atom stereocenters. The van der Waals surface area contributed by atoms with E-state index in [0.717, 1.165) is 66.0 Å². The number of nitrogen functional groups attached to an aromatic ring is 1. The Labute approximate surface area is 186 Å². The Morgan fingerprint density at radius 2 is 2.09 bits per heavy atom. The highest BCUT2D eigenvalue weighted by atomic mass is 16.1. The van der Waals surface area contributed by atoms with Crippen LogP contribution in [0.3, 0.4) is 0 Å². The van der Waals surface area contributed by atoms with E-state index in [2.05, 4.69) is 32.4 Å². The summed E-state index contributed by atoms with van der Waals surface area (Å²) >= 11 is 0. The lowest BCUT2D eigenvalue weighted by atomic mass is 10.1. The zero-order valence-electron chi connectivity index (χ0n) is 18.2. The third-order valence-corrected chi connectivity index (χ3v) is 7.20. The molecule has 6 rings (SSSR count). The summed E-state index contributed by atoms with van der Waals surface area (Å²) in [6.07, 6.45) is 8.18. The van der Waals surface area contributed by atoms with Crippen LogP contribution in [0.2, 0.25) is 0 Å². The van der Waals surface area contributed by atoms with Crippen LogP contribution >= 0.6 is 0 Å². The monoisotopic (exact) mass is 429 g/mol. The molecule has 2 fully saturated rings. The Hall–Kier alpha value is -3.42. The summed E-state index contributed by atoms with van der Waals surface area (Å²) in [6, 6.07) is 6.15. The van der Waals surface area contributed by atoms with Crippen LogP contribution < -0.4 is 16.0 Å². The minimum Gasteiger partial charge on any atom is -0.383 e. The molecule has 3 N–H and O–H groups in total. The molecule has 0 radical (unpaired) electrons. The summed E-state index contributed by atoms with van der Waals surface area (Å²) in [6.45, 7) is 4.92. The molecule has 0 spiro atoms. The molecule has 1 amide bonds. The second-order valence-corrected chi connectivity index (χ2v) is 9.33. The van der Waals surface area contributed by atoms with E-state index < -0.39 is 0 Å². The molecule has 8 heteroatoms. The first-order valence-electron chi connectivity index (χ1n) is 11.3. The van der Waals surface area contributed by atoms with Crippen molar-refractivity contribution in [1.29, 1.82) is 0 Å². The van der Waals surface area contributed by atoms with Gasteiger partial charge in [-0.3, -0.25) is 9.48 Å². The molecule has 1 saturated carbocycles. The lowest BCUT2D eigenvalue weighted by molar-refractivity contribution is 0.0936. The highest BCUT2D eigenvalue weighted by Crippen LogP contribution is 2.46. The molecule has 3 aliphatic rings. The summed E-state index contributed by atoms with van der Waals surface area (Å²) < 4.78 is 1.80. The number of nitrogens with zero attached hydrogens (tertiary/aromatic N) is 5. The van der Waals surface area contributed by atoms with Crippen molar-refractivity contribution in [3.63, 3.8) is 0 Å². The number of carbonyl (C=O) groups excluding carboxylic acids is 1. The number of aryl methyl sites for hydroxylation is 1. The van der Waals surface area contributed by atoms with E-state index in [-0.39, 0.29) is 11.9 Å². The minimum atomic E-state index is -0.123. The molecule has 3 aromatic rings. The SMILES string of the molecule is Cc1nc(N2CC3CC3C2)ccc1Cn1cc(C(=O)NC2CCc3c2ccnc3N)cn1. The third-order valence-electron chi connectivity index (χ3n) is 7.20. The Balaban J connectivity index is 1.12. The molecule has 1 aliphatic heterocycles. The molecule has 3 aromatic heterocycles. The van der Waals surface area contributed by atoms with Gasteiger partial charge in [0.1, 0.15) is 11.6 Å². The van der Waals surface area contributed by atoms with Crippen molar-refractivity contribution in [3.05, 3.63) is 64.7 Å². The van der Waals surface area contributed by atoms with Crippen molar-refractivity contribution in [2.24, 2.45) is 11.8 Å². The van der Waals surface area contributed by atoms with Crippen LogP contribution in [-0.4, -0.2) is 38.7 Å². The Morgan fingerprint density at radius 1 is 1.25 bits per heavy atom. The van der Waals surface area contributed by atoms with Gasteiger partial charge in [-0.05, 0) is 66.8 Å². The van der Waals surface area contributed by atoms with Crippen molar-refractivity contribution in [2.75, 3.05) is 23.7 Å². The Kier molecular flexibility index (Phi) is 4.41. The van der Waals surface area contributed by atoms with Gasteiger partial charge in [-0.25, -0.2) is 9.97 Å². The number of fused-ring (bicyclic) bond motifs is 2. The van der Waals surface area contributed by atoms with Crippen molar-refractivity contribution < 1.29 is 4.79 Å². The van der Waals surface area contributed by atoms with Crippen LogP contribution in [0.4, 0.5) is 11.6 Å². The number of anilines is 2. The molecule has 0 bridgehead atoms. The van der Waals surface area contributed by atoms with Gasteiger partial charge in [0.2, 0.25) is 0 Å². The third kappa shape index (κ3) is 3.39. The molecular weight excluding hydrogens is 402 g/mol. The van der Waals surface area contributed by atoms with Crippen LogP contribution in [0.15, 0.2) is 36.8 Å². The van der Waals surface area contributed by atoms with Gasteiger partial charge in [-0.1, -0.05) is 6.07 Å². The average molecular weight is 430 g/mol. The summed E-state index contributed by atoms with van der Waals surface area (Å²) in [5.74, 6) is 3.28. The maximum absolute atomic E-state index is 12.8. The molecule has 1 saturated heterocycles. The fourth-order valence-electron chi connectivity index (χ4n) is 5.21. The summed E-state index contributed by atoms with van der Waals surface area (Å²) in [4.78, 5) is 24.2. The van der Waals surface area contributed by atoms with Gasteiger partial charge in [-0.15, -0.1) is 0 Å². The summed E-state index contributed by atoms with van der Waals surface area (Å²) in [5, 5.41) is 7.53. The van der Waals surface area contributed by atoms with E-state index in [9.17, 15) is 4.79 Å². The van der Waals surface area contributed by atoms with Gasteiger partial charge in [-0.2, -0.15) is 5.10 Å². The quantitative estimate of drug-likeness (QED) is 0.646. The number of nitrogens with two attached hydrogens (primary N) is 1. The average Bonchev–Trinajstić information content (AvgIpc) is 3.17. The molecule has 4 heterocycles. The van der Waals surface area contributed by atoms with Crippen LogP contribution in [0.1, 0.15) is 51.6 Å². The van der Waals surface area contributed by atoms with E-state index in [1.54, 1.807) is 23.3 Å². The second-order valence-electron chi connectivity index (χ2n) is 9.33. The number of hydrogen-bond donors (Lipinski definition) is 2. The van der Waals surface area contributed by atoms with E-state index in [1.807, 2.05) is 13.0 Å². The highest BCUT2D eigenvalue weighted by molar-refractivity contribution is 5.94. The fourth-order valence-corrected chi connectivity index (χ4v) is 5.21. The van der Waals surface area contributed by atoms with E-state index in [4.69, 9.17) is 10.7 Å². The number of amides is 1. The standard InChI is InChI=1S/C24H27N7O/c1-14-15(2-5-22(28-14)30-10-16-8-17(16)11-30)12-31-13-18(9-27-31)24(32)29-21-4-3-20-19(21)6-7-26-23(20)25/h2,5-7,9,13,16-17,21H,3-4,8,10-12H2,1H3,(H2,25,26)(H,29,32). The van der Waals surface area contributed by atoms with Gasteiger partial charge < -0.3 is 16.0 Å². The number of piperidine rings is 1. The predicted octanol–water partition coefficient (Wildman–Crippen LogP) is 2.49. The molecule has 164 valence electrons. The maximum Gasteiger partial charge on any atom is 0.254 e. The summed E-state index contributed by atoms with van der Waals surface area (Å²) in [5.41, 5.74) is 10.8. The Bertz CT molecular complexity index is 1190. The van der Waals surface area contributed by atoms with Crippen molar-refractivity contribution >= 4 is 17.5 Å². The van der Waals surface area contributed by atoms with Crippen LogP contribution in [-0.2, 0) is 13.0 Å². The number of aromatic nitrogens is 4. The smallest absolute Gasteiger partial charge is 0.254 e. The van der Waals surface area contributed by atoms with Crippen molar-refractivity contribution in [3.8, 4) is 0 Å². The molecule has 8 nitrogen and oxygen atoms in total. The molecule has 3 unspecified atom stereocenters. The topological polar surface area (TPSA) is 102 Å². The first-order valence-corrected chi connectivity index (χ1v) is 11.3. The number of pyridine rings is 2. The molecular formula is C24H27N7O. The first-order chi connectivity index (χ1) is 15.5. The van der Waals surface area contributed by atoms with Crippen LogP contribution in [0.5, 0.6) is 0 Å². The van der Waals surface area contributed by atoms with Crippen molar-refractivity contribution in [2.45, 2.75) is 38.8 Å². The van der Waals surface area contributed by atoms with E-state index in [0.29, 0.717) is 17.9 Å². The van der Waals surface area contributed by atoms with Gasteiger partial charge in [0.15, 0.2) is 0 Å². The normalized spacial score (nSPS) is 23.2. The second kappa shape index (κ2) is 7.32. The van der Waals surface area contributed by atoms with Crippen molar-refractivity contribution in [1.82, 2.24) is 25.1 Å². The minimum absolute atomic E-state index is 0.0400. The predicted molar refractivity (Wildman–Crippen MR) is 121 cm³/mol. The van der Waals surface area contributed by atoms with Gasteiger partial charge in [0.25, 0.3) is 5.91 Å². The molecule has 2 aliphatic carbocycles. The number of carbonyl (C=O) groups is 1. The van der Waals surface area contributed by atoms with Gasteiger partial charge in [0, 0.05) is 31.2 Å². The zero-order chi connectivity index (χ0) is 21.8. The zero-order valence-corrected chi connectivity index (χ0v) is 18.2. The highest BCUT2D eigenvalue weighted by Gasteiger charge is 2.45. The van der Waals surface area contributed by atoms with Gasteiger partial charge in [0.05, 0.1) is 24.3 Å². The number of hydrogen-bond acceptors (Lipinski definition) is 6. The van der Waals surface area contributed by atoms with Crippen LogP contribution in [0.25, 0.3) is 0 Å². The lowest BCUT2D eigenvalue weighted by Crippen LogP contribution is -2.26. The van der Waals surface area contributed by atoms with E-state index in [1.165, 1.54) is 6.42 Å². The number of nitrogens with one attached hydrogen (secondary N) is 1. The van der Waals surface area contributed by atoms with Crippen LogP contribution in [0, 0.1) is 18.8 Å². The number of rotatable bonds is 5. The maximum atomic E-state index is 12.8. The fraction of sp³-hybridized carbons (Fsp3) is 0.417. The summed E-state index contributed by atoms with van der Waals surface area (Å²) in [7, 11) is 0. The first kappa shape index (κ1) is 19.3. The molecule has 0 aromatic carbocycles. The Morgan fingerprint density at radius 3 is 2.91 bits per heavy atom.